The summed E-state index contributed by atoms with van der Waals surface area (Å²) in [4.78, 5) is 2.55. The molecule has 0 aliphatic heterocycles. The Morgan fingerprint density at radius 1 is 1.24 bits per heavy atom. The van der Waals surface area contributed by atoms with Gasteiger partial charge in [0.05, 0.1) is 0 Å². The van der Waals surface area contributed by atoms with Crippen LogP contribution in [0.2, 0.25) is 0 Å². The minimum atomic E-state index is 0.568. The average Bonchev–Trinajstić information content (AvgIpc) is 2.65. The third kappa shape index (κ3) is 5.39. The minimum absolute atomic E-state index is 0.568. The summed E-state index contributed by atoms with van der Waals surface area (Å²) in [6, 6.07) is 0. The second kappa shape index (κ2) is 7.38. The normalized spacial score (nSPS) is 19.4. The Labute approximate surface area is 108 Å². The van der Waals surface area contributed by atoms with Gasteiger partial charge in [0.25, 0.3) is 0 Å². The molecule has 0 saturated heterocycles. The Hall–Kier alpha value is -0.0800. The summed E-state index contributed by atoms with van der Waals surface area (Å²) < 4.78 is 0. The highest BCUT2D eigenvalue weighted by Gasteiger charge is 2.34. The van der Waals surface area contributed by atoms with Gasteiger partial charge in [0.1, 0.15) is 0 Å². The number of hydrogen-bond donors (Lipinski definition) is 1. The van der Waals surface area contributed by atoms with E-state index in [0.717, 1.165) is 5.92 Å². The molecule has 102 valence electrons. The van der Waals surface area contributed by atoms with E-state index in [4.69, 9.17) is 0 Å². The van der Waals surface area contributed by atoms with Crippen molar-refractivity contribution in [2.24, 2.45) is 11.3 Å². The molecule has 1 aliphatic rings. The summed E-state index contributed by atoms with van der Waals surface area (Å²) in [5.74, 6) is 0.780. The van der Waals surface area contributed by atoms with E-state index < -0.39 is 0 Å². The molecule has 1 aliphatic carbocycles. The van der Waals surface area contributed by atoms with Crippen LogP contribution in [0.25, 0.3) is 0 Å². The monoisotopic (exact) mass is 240 g/mol. The first-order valence-electron chi connectivity index (χ1n) is 7.47. The summed E-state index contributed by atoms with van der Waals surface area (Å²) in [6.45, 7) is 11.8. The molecule has 0 aromatic rings. The molecule has 1 N–H and O–H groups in total. The predicted octanol–water partition coefficient (Wildman–Crippen LogP) is 3.13. The molecular weight excluding hydrogens is 208 g/mol. The van der Waals surface area contributed by atoms with Crippen molar-refractivity contribution >= 4 is 0 Å². The average molecular weight is 240 g/mol. The summed E-state index contributed by atoms with van der Waals surface area (Å²) in [6.07, 6.45) is 6.96. The molecule has 17 heavy (non-hydrogen) atoms. The van der Waals surface area contributed by atoms with E-state index in [0.29, 0.717) is 5.41 Å². The van der Waals surface area contributed by atoms with Gasteiger partial charge in [-0.1, -0.05) is 33.6 Å². The highest BCUT2D eigenvalue weighted by atomic mass is 15.1. The van der Waals surface area contributed by atoms with Crippen LogP contribution >= 0.6 is 0 Å². The van der Waals surface area contributed by atoms with Crippen LogP contribution in [0.1, 0.15) is 52.9 Å². The van der Waals surface area contributed by atoms with Crippen LogP contribution in [0.4, 0.5) is 0 Å². The molecule has 0 unspecified atom stereocenters. The molecule has 0 spiro atoms. The van der Waals surface area contributed by atoms with Gasteiger partial charge in [0, 0.05) is 19.6 Å². The lowest BCUT2D eigenvalue weighted by atomic mass is 9.85. The van der Waals surface area contributed by atoms with E-state index in [1.165, 1.54) is 58.3 Å². The van der Waals surface area contributed by atoms with Crippen molar-refractivity contribution in [2.45, 2.75) is 52.9 Å². The lowest BCUT2D eigenvalue weighted by molar-refractivity contribution is 0.161. The quantitative estimate of drug-likeness (QED) is 0.656. The lowest BCUT2D eigenvalue weighted by Gasteiger charge is -2.34. The van der Waals surface area contributed by atoms with Crippen molar-refractivity contribution < 1.29 is 0 Å². The molecule has 0 atom stereocenters. The summed E-state index contributed by atoms with van der Waals surface area (Å²) in [5.41, 5.74) is 0.568. The molecule has 2 nitrogen and oxygen atoms in total. The summed E-state index contributed by atoms with van der Waals surface area (Å²) >= 11 is 0. The van der Waals surface area contributed by atoms with E-state index in [9.17, 15) is 0 Å². The summed E-state index contributed by atoms with van der Waals surface area (Å²) in [5, 5.41) is 3.65. The highest BCUT2D eigenvalue weighted by molar-refractivity contribution is 4.89. The Morgan fingerprint density at radius 3 is 2.41 bits per heavy atom. The molecule has 1 saturated carbocycles. The Balaban J connectivity index is 2.41. The SMILES string of the molecule is CCCNCC1(CN(C)CC(C)C)CCCC1. The molecule has 2 heteroatoms. The van der Waals surface area contributed by atoms with Gasteiger partial charge in [-0.2, -0.15) is 0 Å². The molecule has 0 aromatic heterocycles. The zero-order chi connectivity index (χ0) is 12.7. The third-order valence-electron chi connectivity index (χ3n) is 3.87. The maximum absolute atomic E-state index is 3.65. The van der Waals surface area contributed by atoms with Crippen molar-refractivity contribution in [3.05, 3.63) is 0 Å². The van der Waals surface area contributed by atoms with Crippen LogP contribution in [0.3, 0.4) is 0 Å². The fourth-order valence-electron chi connectivity index (χ4n) is 3.31. The van der Waals surface area contributed by atoms with Crippen LogP contribution in [0.15, 0.2) is 0 Å². The molecule has 1 rings (SSSR count). The maximum Gasteiger partial charge on any atom is 0.00472 e. The third-order valence-corrected chi connectivity index (χ3v) is 3.87. The number of nitrogens with zero attached hydrogens (tertiary/aromatic N) is 1. The van der Waals surface area contributed by atoms with Crippen LogP contribution in [0.5, 0.6) is 0 Å². The van der Waals surface area contributed by atoms with Crippen molar-refractivity contribution in [1.29, 1.82) is 0 Å². The van der Waals surface area contributed by atoms with Crippen molar-refractivity contribution in [2.75, 3.05) is 33.2 Å². The van der Waals surface area contributed by atoms with Gasteiger partial charge >= 0.3 is 0 Å². The van der Waals surface area contributed by atoms with Gasteiger partial charge in [-0.25, -0.2) is 0 Å². The fourth-order valence-corrected chi connectivity index (χ4v) is 3.31. The Kier molecular flexibility index (Phi) is 6.50. The van der Waals surface area contributed by atoms with Crippen molar-refractivity contribution in [1.82, 2.24) is 10.2 Å². The largest absolute Gasteiger partial charge is 0.316 e. The minimum Gasteiger partial charge on any atom is -0.316 e. The second-order valence-electron chi connectivity index (χ2n) is 6.47. The van der Waals surface area contributed by atoms with Crippen LogP contribution in [0, 0.1) is 11.3 Å². The van der Waals surface area contributed by atoms with E-state index in [1.807, 2.05) is 0 Å². The van der Waals surface area contributed by atoms with Crippen molar-refractivity contribution in [3.63, 3.8) is 0 Å². The smallest absolute Gasteiger partial charge is 0.00472 e. The molecule has 0 radical (unpaired) electrons. The van der Waals surface area contributed by atoms with E-state index in [2.05, 4.69) is 38.0 Å². The Morgan fingerprint density at radius 2 is 1.88 bits per heavy atom. The van der Waals surface area contributed by atoms with Gasteiger partial charge in [0.2, 0.25) is 0 Å². The van der Waals surface area contributed by atoms with Gasteiger partial charge in [-0.3, -0.25) is 0 Å². The van der Waals surface area contributed by atoms with E-state index in [-0.39, 0.29) is 0 Å². The standard InChI is InChI=1S/C15H32N2/c1-5-10-16-12-15(8-6-7-9-15)13-17(4)11-14(2)3/h14,16H,5-13H2,1-4H3. The Bertz CT molecular complexity index is 195. The zero-order valence-electron chi connectivity index (χ0n) is 12.4. The summed E-state index contributed by atoms with van der Waals surface area (Å²) in [7, 11) is 2.29. The number of nitrogens with one attached hydrogen (secondary N) is 1. The number of hydrogen-bond acceptors (Lipinski definition) is 2. The fraction of sp³-hybridized carbons (Fsp3) is 1.00. The topological polar surface area (TPSA) is 15.3 Å². The van der Waals surface area contributed by atoms with Gasteiger partial charge in [-0.15, -0.1) is 0 Å². The molecular formula is C15H32N2. The zero-order valence-corrected chi connectivity index (χ0v) is 12.4. The maximum atomic E-state index is 3.65. The lowest BCUT2D eigenvalue weighted by Crippen LogP contribution is -2.42. The van der Waals surface area contributed by atoms with Gasteiger partial charge < -0.3 is 10.2 Å². The first-order valence-corrected chi connectivity index (χ1v) is 7.47. The van der Waals surface area contributed by atoms with E-state index >= 15 is 0 Å². The molecule has 0 amide bonds. The molecule has 0 aromatic carbocycles. The molecule has 1 fully saturated rings. The van der Waals surface area contributed by atoms with Crippen LogP contribution in [-0.2, 0) is 0 Å². The highest BCUT2D eigenvalue weighted by Crippen LogP contribution is 2.38. The first-order chi connectivity index (χ1) is 8.08. The van der Waals surface area contributed by atoms with Gasteiger partial charge in [-0.05, 0) is 44.2 Å². The van der Waals surface area contributed by atoms with E-state index in [1.54, 1.807) is 0 Å². The predicted molar refractivity (Wildman–Crippen MR) is 76.4 cm³/mol. The van der Waals surface area contributed by atoms with Crippen LogP contribution < -0.4 is 5.32 Å². The molecule has 0 heterocycles. The number of rotatable bonds is 8. The molecule has 0 bridgehead atoms. The second-order valence-corrected chi connectivity index (χ2v) is 6.47. The van der Waals surface area contributed by atoms with Crippen molar-refractivity contribution in [3.8, 4) is 0 Å². The van der Waals surface area contributed by atoms with Crippen LogP contribution in [-0.4, -0.2) is 38.1 Å². The first kappa shape index (κ1) is 15.0. The van der Waals surface area contributed by atoms with Gasteiger partial charge in [0.15, 0.2) is 0 Å².